The summed E-state index contributed by atoms with van der Waals surface area (Å²) in [6.45, 7) is 3.90. The van der Waals surface area contributed by atoms with Crippen LogP contribution in [0.25, 0.3) is 0 Å². The molecule has 1 aromatic carbocycles. The van der Waals surface area contributed by atoms with Crippen LogP contribution >= 0.6 is 0 Å². The Morgan fingerprint density at radius 2 is 2.30 bits per heavy atom. The van der Waals surface area contributed by atoms with Gasteiger partial charge in [0.05, 0.1) is 26.0 Å². The summed E-state index contributed by atoms with van der Waals surface area (Å²) in [5.41, 5.74) is 1.91. The Morgan fingerprint density at radius 1 is 1.45 bits per heavy atom. The van der Waals surface area contributed by atoms with Gasteiger partial charge in [-0.25, -0.2) is 0 Å². The molecule has 0 aliphatic rings. The third kappa shape index (κ3) is 3.79. The van der Waals surface area contributed by atoms with Gasteiger partial charge in [0, 0.05) is 24.8 Å². The van der Waals surface area contributed by atoms with Gasteiger partial charge in [-0.05, 0) is 19.1 Å². The van der Waals surface area contributed by atoms with E-state index in [4.69, 9.17) is 4.74 Å². The van der Waals surface area contributed by atoms with Crippen LogP contribution in [0, 0.1) is 6.92 Å². The number of nitrogens with zero attached hydrogens (tertiary/aromatic N) is 3. The van der Waals surface area contributed by atoms with Gasteiger partial charge in [0.15, 0.2) is 0 Å². The highest BCUT2D eigenvalue weighted by Gasteiger charge is 2.12. The first-order valence-corrected chi connectivity index (χ1v) is 6.58. The molecule has 1 unspecified atom stereocenters. The second-order valence-electron chi connectivity index (χ2n) is 4.63. The average molecular weight is 276 g/mol. The molecule has 0 spiro atoms. The molecule has 6 heteroatoms. The zero-order valence-electron chi connectivity index (χ0n) is 11.8. The van der Waals surface area contributed by atoms with E-state index in [1.54, 1.807) is 18.0 Å². The Balaban J connectivity index is 1.85. The van der Waals surface area contributed by atoms with E-state index in [-0.39, 0.29) is 0 Å². The van der Waals surface area contributed by atoms with Crippen molar-refractivity contribution < 1.29 is 9.84 Å². The molecule has 2 N–H and O–H groups in total. The van der Waals surface area contributed by atoms with Gasteiger partial charge >= 0.3 is 0 Å². The van der Waals surface area contributed by atoms with Crippen LogP contribution in [0.3, 0.4) is 0 Å². The van der Waals surface area contributed by atoms with E-state index < -0.39 is 6.10 Å². The lowest BCUT2D eigenvalue weighted by atomic mass is 10.1. The van der Waals surface area contributed by atoms with E-state index in [1.165, 1.54) is 0 Å². The summed E-state index contributed by atoms with van der Waals surface area (Å²) in [6.07, 6.45) is 2.86. The molecule has 1 atom stereocenters. The third-order valence-electron chi connectivity index (χ3n) is 3.07. The lowest BCUT2D eigenvalue weighted by Gasteiger charge is -2.16. The second kappa shape index (κ2) is 7.02. The minimum Gasteiger partial charge on any atom is -0.496 e. The number of hydrogen-bond donors (Lipinski definition) is 2. The van der Waals surface area contributed by atoms with Crippen LogP contribution in [-0.4, -0.2) is 40.3 Å². The summed E-state index contributed by atoms with van der Waals surface area (Å²) in [5.74, 6) is 0.709. The monoisotopic (exact) mass is 276 g/mol. The van der Waals surface area contributed by atoms with Gasteiger partial charge in [-0.2, -0.15) is 0 Å². The summed E-state index contributed by atoms with van der Waals surface area (Å²) in [6, 6.07) is 5.79. The summed E-state index contributed by atoms with van der Waals surface area (Å²) in [5, 5.41) is 21.0. The number of aryl methyl sites for hydroxylation is 1. The molecule has 0 aliphatic heterocycles. The van der Waals surface area contributed by atoms with Gasteiger partial charge in [-0.1, -0.05) is 16.8 Å². The first kappa shape index (κ1) is 14.5. The van der Waals surface area contributed by atoms with Crippen molar-refractivity contribution in [3.63, 3.8) is 0 Å². The van der Waals surface area contributed by atoms with Gasteiger partial charge in [0.1, 0.15) is 5.75 Å². The van der Waals surface area contributed by atoms with Gasteiger partial charge in [-0.3, -0.25) is 4.68 Å². The molecule has 0 amide bonds. The summed E-state index contributed by atoms with van der Waals surface area (Å²) >= 11 is 0. The molecule has 0 aliphatic carbocycles. The largest absolute Gasteiger partial charge is 0.496 e. The molecule has 2 rings (SSSR count). The third-order valence-corrected chi connectivity index (χ3v) is 3.07. The van der Waals surface area contributed by atoms with E-state index in [9.17, 15) is 5.11 Å². The number of benzene rings is 1. The molecule has 0 saturated carbocycles. The van der Waals surface area contributed by atoms with Gasteiger partial charge < -0.3 is 15.2 Å². The minimum atomic E-state index is -0.597. The van der Waals surface area contributed by atoms with E-state index >= 15 is 0 Å². The number of nitrogens with one attached hydrogen (secondary N) is 1. The number of hydrogen-bond acceptors (Lipinski definition) is 5. The molecular weight excluding hydrogens is 256 g/mol. The summed E-state index contributed by atoms with van der Waals surface area (Å²) < 4.78 is 7.02. The molecule has 20 heavy (non-hydrogen) atoms. The number of methoxy groups -OCH3 is 1. The van der Waals surface area contributed by atoms with Crippen LogP contribution in [0.2, 0.25) is 0 Å². The number of aliphatic hydroxyl groups is 1. The maximum atomic E-state index is 10.2. The minimum absolute atomic E-state index is 0.467. The molecule has 6 nitrogen and oxygen atoms in total. The van der Waals surface area contributed by atoms with E-state index in [0.717, 1.165) is 17.7 Å². The maximum absolute atomic E-state index is 10.2. The van der Waals surface area contributed by atoms with Crippen molar-refractivity contribution in [1.82, 2.24) is 20.3 Å². The fourth-order valence-corrected chi connectivity index (χ4v) is 2.01. The first-order chi connectivity index (χ1) is 9.70. The van der Waals surface area contributed by atoms with Crippen molar-refractivity contribution in [3.05, 3.63) is 41.7 Å². The summed E-state index contributed by atoms with van der Waals surface area (Å²) in [4.78, 5) is 0. The highest BCUT2D eigenvalue weighted by molar-refractivity contribution is 5.38. The molecule has 2 aromatic rings. The molecule has 0 saturated heterocycles. The molecule has 0 radical (unpaired) electrons. The fourth-order valence-electron chi connectivity index (χ4n) is 2.01. The average Bonchev–Trinajstić information content (AvgIpc) is 2.96. The first-order valence-electron chi connectivity index (χ1n) is 6.58. The summed E-state index contributed by atoms with van der Waals surface area (Å²) in [7, 11) is 1.61. The number of aliphatic hydroxyl groups excluding tert-OH is 1. The van der Waals surface area contributed by atoms with Gasteiger partial charge in [-0.15, -0.1) is 5.10 Å². The van der Waals surface area contributed by atoms with Crippen molar-refractivity contribution in [2.24, 2.45) is 0 Å². The number of rotatable bonds is 7. The second-order valence-corrected chi connectivity index (χ2v) is 4.63. The van der Waals surface area contributed by atoms with Crippen molar-refractivity contribution in [2.45, 2.75) is 19.6 Å². The van der Waals surface area contributed by atoms with Gasteiger partial charge in [0.2, 0.25) is 0 Å². The van der Waals surface area contributed by atoms with Crippen molar-refractivity contribution in [3.8, 4) is 5.75 Å². The topological polar surface area (TPSA) is 72.2 Å². The van der Waals surface area contributed by atoms with E-state index in [1.807, 2.05) is 31.3 Å². The molecule has 1 aromatic heterocycles. The van der Waals surface area contributed by atoms with Crippen LogP contribution in [0.5, 0.6) is 5.75 Å². The smallest absolute Gasteiger partial charge is 0.124 e. The predicted octanol–water partition coefficient (Wildman–Crippen LogP) is 0.918. The highest BCUT2D eigenvalue weighted by atomic mass is 16.5. The standard InChI is InChI=1S/C14H20N4O2/c1-11-3-4-14(20-2)12(9-11)13(19)10-15-5-7-18-8-6-16-17-18/h3-4,6,8-9,13,15,19H,5,7,10H2,1-2H3. The predicted molar refractivity (Wildman–Crippen MR) is 75.6 cm³/mol. The molecule has 108 valence electrons. The molecule has 0 bridgehead atoms. The van der Waals surface area contributed by atoms with Crippen molar-refractivity contribution >= 4 is 0 Å². The Morgan fingerprint density at radius 3 is 3.00 bits per heavy atom. The SMILES string of the molecule is COc1ccc(C)cc1C(O)CNCCn1ccnn1. The molecule has 1 heterocycles. The number of ether oxygens (including phenoxy) is 1. The zero-order valence-corrected chi connectivity index (χ0v) is 11.8. The van der Waals surface area contributed by atoms with Gasteiger partial charge in [0.25, 0.3) is 0 Å². The zero-order chi connectivity index (χ0) is 14.4. The Kier molecular flexibility index (Phi) is 5.09. The molecular formula is C14H20N4O2. The Labute approximate surface area is 118 Å². The van der Waals surface area contributed by atoms with Crippen LogP contribution in [0.4, 0.5) is 0 Å². The van der Waals surface area contributed by atoms with Crippen molar-refractivity contribution in [1.29, 1.82) is 0 Å². The Hall–Kier alpha value is -1.92. The molecule has 0 fully saturated rings. The normalized spacial score (nSPS) is 12.3. The maximum Gasteiger partial charge on any atom is 0.124 e. The fraction of sp³-hybridized carbons (Fsp3) is 0.429. The highest BCUT2D eigenvalue weighted by Crippen LogP contribution is 2.25. The van der Waals surface area contributed by atoms with Crippen molar-refractivity contribution in [2.75, 3.05) is 20.2 Å². The number of aromatic nitrogens is 3. The van der Waals surface area contributed by atoms with Crippen LogP contribution in [-0.2, 0) is 6.54 Å². The van der Waals surface area contributed by atoms with Crippen LogP contribution in [0.1, 0.15) is 17.2 Å². The Bertz CT molecular complexity index is 528. The van der Waals surface area contributed by atoms with Crippen LogP contribution in [0.15, 0.2) is 30.6 Å². The van der Waals surface area contributed by atoms with Crippen LogP contribution < -0.4 is 10.1 Å². The van der Waals surface area contributed by atoms with E-state index in [2.05, 4.69) is 15.6 Å². The quantitative estimate of drug-likeness (QED) is 0.736. The lowest BCUT2D eigenvalue weighted by Crippen LogP contribution is -2.25. The van der Waals surface area contributed by atoms with E-state index in [0.29, 0.717) is 18.8 Å². The lowest BCUT2D eigenvalue weighted by molar-refractivity contribution is 0.170.